The van der Waals surface area contributed by atoms with Crippen molar-refractivity contribution in [3.8, 4) is 0 Å². The predicted octanol–water partition coefficient (Wildman–Crippen LogP) is 2.05. The largest absolute Gasteiger partial charge is 0.444 e. The average molecular weight is 301 g/mol. The predicted molar refractivity (Wildman–Crippen MR) is 71.3 cm³/mol. The van der Waals surface area contributed by atoms with Gasteiger partial charge in [0.25, 0.3) is 5.91 Å². The van der Waals surface area contributed by atoms with E-state index in [1.807, 2.05) is 0 Å². The molecular weight excluding hydrogens is 287 g/mol. The van der Waals surface area contributed by atoms with Gasteiger partial charge in [0.15, 0.2) is 0 Å². The van der Waals surface area contributed by atoms with Crippen LogP contribution in [0.25, 0.3) is 0 Å². The summed E-state index contributed by atoms with van der Waals surface area (Å²) in [5.74, 6) is -1.24. The molecule has 1 aliphatic rings. The Kier molecular flexibility index (Phi) is 4.44. The Labute approximate surface area is 120 Å². The fourth-order valence-corrected chi connectivity index (χ4v) is 2.20. The van der Waals surface area contributed by atoms with Crippen molar-refractivity contribution in [1.82, 2.24) is 10.2 Å². The molecule has 0 saturated carbocycles. The Morgan fingerprint density at radius 3 is 2.95 bits per heavy atom. The number of carbonyl (C=O) groups is 2. The van der Waals surface area contributed by atoms with Crippen molar-refractivity contribution in [1.29, 1.82) is 0 Å². The van der Waals surface area contributed by atoms with Crippen LogP contribution in [-0.2, 0) is 4.74 Å². The molecule has 2 amide bonds. The van der Waals surface area contributed by atoms with Gasteiger partial charge in [-0.1, -0.05) is 17.7 Å². The number of nitrogens with one attached hydrogen (secondary N) is 1. The van der Waals surface area contributed by atoms with Crippen LogP contribution in [0.4, 0.5) is 9.18 Å². The number of rotatable bonds is 4. The highest BCUT2D eigenvalue weighted by Crippen LogP contribution is 2.18. The molecule has 1 unspecified atom stereocenters. The van der Waals surface area contributed by atoms with E-state index in [0.29, 0.717) is 13.0 Å². The topological polar surface area (TPSA) is 58.6 Å². The van der Waals surface area contributed by atoms with E-state index < -0.39 is 11.7 Å². The second-order valence-corrected chi connectivity index (χ2v) is 4.93. The van der Waals surface area contributed by atoms with Gasteiger partial charge in [-0.15, -0.1) is 0 Å². The molecule has 1 saturated heterocycles. The Bertz CT molecular complexity index is 518. The van der Waals surface area contributed by atoms with Crippen molar-refractivity contribution in [2.45, 2.75) is 12.5 Å². The molecule has 1 aromatic carbocycles. The Hall–Kier alpha value is -1.82. The van der Waals surface area contributed by atoms with Crippen LogP contribution in [-0.4, -0.2) is 43.1 Å². The summed E-state index contributed by atoms with van der Waals surface area (Å²) in [7, 11) is 1.64. The number of carbonyl (C=O) groups excluding carboxylic acids is 2. The molecule has 108 valence electrons. The zero-order valence-corrected chi connectivity index (χ0v) is 11.6. The lowest BCUT2D eigenvalue weighted by molar-refractivity contribution is 0.0940. The summed E-state index contributed by atoms with van der Waals surface area (Å²) in [5.41, 5.74) is -0.172. The summed E-state index contributed by atoms with van der Waals surface area (Å²) in [5, 5.41) is 2.63. The van der Waals surface area contributed by atoms with E-state index in [-0.39, 0.29) is 29.3 Å². The standard InChI is InChI=1S/C13H14ClFN2O3/c1-17-7-8(20-13(17)19)5-6-16-12(18)11-9(14)3-2-4-10(11)15/h2-4,8H,5-7H2,1H3,(H,16,18). The van der Waals surface area contributed by atoms with Gasteiger partial charge in [-0.3, -0.25) is 4.79 Å². The quantitative estimate of drug-likeness (QED) is 0.926. The molecule has 5 nitrogen and oxygen atoms in total. The summed E-state index contributed by atoms with van der Waals surface area (Å²) in [6.07, 6.45) is -0.171. The van der Waals surface area contributed by atoms with Crippen LogP contribution in [0.5, 0.6) is 0 Å². The molecule has 1 aromatic rings. The molecule has 1 atom stereocenters. The second-order valence-electron chi connectivity index (χ2n) is 4.53. The van der Waals surface area contributed by atoms with E-state index in [2.05, 4.69) is 5.32 Å². The van der Waals surface area contributed by atoms with Crippen molar-refractivity contribution in [2.24, 2.45) is 0 Å². The number of ether oxygens (including phenoxy) is 1. The molecule has 1 aliphatic heterocycles. The van der Waals surface area contributed by atoms with Crippen LogP contribution >= 0.6 is 11.6 Å². The van der Waals surface area contributed by atoms with E-state index in [9.17, 15) is 14.0 Å². The third-order valence-corrected chi connectivity index (χ3v) is 3.31. The van der Waals surface area contributed by atoms with Gasteiger partial charge in [-0.25, -0.2) is 9.18 Å². The highest BCUT2D eigenvalue weighted by atomic mass is 35.5. The molecule has 1 heterocycles. The third-order valence-electron chi connectivity index (χ3n) is 3.00. The number of amides is 2. The summed E-state index contributed by atoms with van der Waals surface area (Å²) < 4.78 is 18.6. The summed E-state index contributed by atoms with van der Waals surface area (Å²) >= 11 is 5.79. The summed E-state index contributed by atoms with van der Waals surface area (Å²) in [6, 6.07) is 4.06. The first-order valence-corrected chi connectivity index (χ1v) is 6.51. The van der Waals surface area contributed by atoms with E-state index in [0.717, 1.165) is 0 Å². The van der Waals surface area contributed by atoms with E-state index in [4.69, 9.17) is 16.3 Å². The number of hydrogen-bond donors (Lipinski definition) is 1. The van der Waals surface area contributed by atoms with E-state index in [1.165, 1.54) is 23.1 Å². The van der Waals surface area contributed by atoms with Gasteiger partial charge in [-0.05, 0) is 12.1 Å². The van der Waals surface area contributed by atoms with Gasteiger partial charge in [0.2, 0.25) is 0 Å². The van der Waals surface area contributed by atoms with Crippen LogP contribution in [0.1, 0.15) is 16.8 Å². The molecule has 7 heteroatoms. The zero-order valence-electron chi connectivity index (χ0n) is 10.9. The first kappa shape index (κ1) is 14.6. The normalized spacial score (nSPS) is 18.1. The minimum Gasteiger partial charge on any atom is -0.444 e. The van der Waals surface area contributed by atoms with Gasteiger partial charge < -0.3 is 15.0 Å². The molecule has 1 fully saturated rings. The molecule has 2 rings (SSSR count). The highest BCUT2D eigenvalue weighted by Gasteiger charge is 2.27. The minimum atomic E-state index is -0.665. The number of nitrogens with zero attached hydrogens (tertiary/aromatic N) is 1. The van der Waals surface area contributed by atoms with Crippen molar-refractivity contribution >= 4 is 23.6 Å². The zero-order chi connectivity index (χ0) is 14.7. The second kappa shape index (κ2) is 6.09. The molecular formula is C13H14ClFN2O3. The lowest BCUT2D eigenvalue weighted by Gasteiger charge is -2.10. The molecule has 0 aliphatic carbocycles. The molecule has 0 radical (unpaired) electrons. The molecule has 0 bridgehead atoms. The number of halogens is 2. The van der Waals surface area contributed by atoms with Gasteiger partial charge in [-0.2, -0.15) is 0 Å². The van der Waals surface area contributed by atoms with Gasteiger partial charge in [0.1, 0.15) is 11.9 Å². The maximum atomic E-state index is 13.5. The van der Waals surface area contributed by atoms with Crippen molar-refractivity contribution < 1.29 is 18.7 Å². The maximum absolute atomic E-state index is 13.5. The van der Waals surface area contributed by atoms with Crippen molar-refractivity contribution in [3.05, 3.63) is 34.6 Å². The fourth-order valence-electron chi connectivity index (χ4n) is 1.95. The number of likely N-dealkylation sites (N-methyl/N-ethyl adjacent to an activating group) is 1. The van der Waals surface area contributed by atoms with Gasteiger partial charge in [0.05, 0.1) is 17.1 Å². The van der Waals surface area contributed by atoms with E-state index in [1.54, 1.807) is 7.05 Å². The molecule has 1 N–H and O–H groups in total. The Balaban J connectivity index is 1.86. The lowest BCUT2D eigenvalue weighted by Crippen LogP contribution is -2.29. The monoisotopic (exact) mass is 300 g/mol. The SMILES string of the molecule is CN1CC(CCNC(=O)c2c(F)cccc2Cl)OC1=O. The molecule has 20 heavy (non-hydrogen) atoms. The van der Waals surface area contributed by atoms with Crippen molar-refractivity contribution in [3.63, 3.8) is 0 Å². The minimum absolute atomic E-state index is 0.0644. The van der Waals surface area contributed by atoms with Gasteiger partial charge >= 0.3 is 6.09 Å². The van der Waals surface area contributed by atoms with Crippen LogP contribution in [0.3, 0.4) is 0 Å². The maximum Gasteiger partial charge on any atom is 0.409 e. The lowest BCUT2D eigenvalue weighted by atomic mass is 10.2. The Morgan fingerprint density at radius 1 is 1.60 bits per heavy atom. The van der Waals surface area contributed by atoms with E-state index >= 15 is 0 Å². The summed E-state index contributed by atoms with van der Waals surface area (Å²) in [4.78, 5) is 24.4. The highest BCUT2D eigenvalue weighted by molar-refractivity contribution is 6.33. The van der Waals surface area contributed by atoms with Gasteiger partial charge in [0, 0.05) is 20.0 Å². The first-order valence-electron chi connectivity index (χ1n) is 6.13. The summed E-state index contributed by atoms with van der Waals surface area (Å²) in [6.45, 7) is 0.754. The number of cyclic esters (lactones) is 1. The fraction of sp³-hybridized carbons (Fsp3) is 0.385. The van der Waals surface area contributed by atoms with Crippen molar-refractivity contribution in [2.75, 3.05) is 20.1 Å². The van der Waals surface area contributed by atoms with Crippen LogP contribution in [0.15, 0.2) is 18.2 Å². The smallest absolute Gasteiger partial charge is 0.409 e. The molecule has 0 spiro atoms. The molecule has 0 aromatic heterocycles. The third kappa shape index (κ3) is 3.19. The number of hydrogen-bond acceptors (Lipinski definition) is 3. The first-order chi connectivity index (χ1) is 9.49. The number of benzene rings is 1. The van der Waals surface area contributed by atoms with Crippen LogP contribution in [0.2, 0.25) is 5.02 Å². The average Bonchev–Trinajstić information content (AvgIpc) is 2.68. The van der Waals surface area contributed by atoms with Crippen LogP contribution < -0.4 is 5.32 Å². The van der Waals surface area contributed by atoms with Crippen LogP contribution in [0, 0.1) is 5.82 Å². The Morgan fingerprint density at radius 2 is 2.35 bits per heavy atom.